The van der Waals surface area contributed by atoms with Crippen LogP contribution < -0.4 is 0 Å². The molecule has 0 aliphatic rings. The molecule has 1 rings (SSSR count). The Balaban J connectivity index is 2.94. The van der Waals surface area contributed by atoms with Gasteiger partial charge in [-0.3, -0.25) is 0 Å². The van der Waals surface area contributed by atoms with Crippen LogP contribution in [0.3, 0.4) is 0 Å². The minimum absolute atomic E-state index is 0.0723. The number of halogens is 2. The predicted molar refractivity (Wildman–Crippen MR) is 68.2 cm³/mol. The van der Waals surface area contributed by atoms with Crippen LogP contribution in [0.25, 0.3) is 0 Å². The van der Waals surface area contributed by atoms with E-state index in [9.17, 15) is 5.11 Å². The van der Waals surface area contributed by atoms with Crippen LogP contribution in [0.15, 0.2) is 35.3 Å². The highest BCUT2D eigenvalue weighted by molar-refractivity contribution is 9.10. The molecule has 0 heterocycles. The molecule has 0 aromatic heterocycles. The molecule has 1 atom stereocenters. The summed E-state index contributed by atoms with van der Waals surface area (Å²) in [7, 11) is 0. The fourth-order valence-corrected chi connectivity index (χ4v) is 2.03. The molecule has 82 valence electrons. The average Bonchev–Trinajstić information content (AvgIpc) is 2.22. The predicted octanol–water partition coefficient (Wildman–Crippen LogP) is 3.83. The molecular weight excluding hydrogens is 275 g/mol. The molecule has 3 heteroatoms. The SMILES string of the molecule is C=CC(C)(CO)Cc1ccc(Br)cc1Cl. The lowest BCUT2D eigenvalue weighted by Crippen LogP contribution is -2.21. The monoisotopic (exact) mass is 288 g/mol. The summed E-state index contributed by atoms with van der Waals surface area (Å²) in [5.41, 5.74) is 0.716. The molecule has 0 saturated heterocycles. The molecule has 0 amide bonds. The van der Waals surface area contributed by atoms with E-state index in [4.69, 9.17) is 11.6 Å². The number of rotatable bonds is 4. The third-order valence-corrected chi connectivity index (χ3v) is 3.31. The smallest absolute Gasteiger partial charge is 0.0522 e. The lowest BCUT2D eigenvalue weighted by atomic mass is 9.85. The number of hydrogen-bond donors (Lipinski definition) is 1. The molecule has 0 bridgehead atoms. The summed E-state index contributed by atoms with van der Waals surface area (Å²) < 4.78 is 0.959. The van der Waals surface area contributed by atoms with E-state index >= 15 is 0 Å². The Labute approximate surface area is 104 Å². The second-order valence-corrected chi connectivity index (χ2v) is 5.25. The molecule has 0 radical (unpaired) electrons. The van der Waals surface area contributed by atoms with Crippen LogP contribution in [0, 0.1) is 5.41 Å². The number of aliphatic hydroxyl groups excluding tert-OH is 1. The van der Waals surface area contributed by atoms with Crippen molar-refractivity contribution in [3.05, 3.63) is 45.9 Å². The maximum atomic E-state index is 9.27. The summed E-state index contributed by atoms with van der Waals surface area (Å²) in [6, 6.07) is 5.77. The molecule has 0 aliphatic heterocycles. The number of aliphatic hydroxyl groups is 1. The van der Waals surface area contributed by atoms with Crippen molar-refractivity contribution in [3.63, 3.8) is 0 Å². The molecule has 1 nitrogen and oxygen atoms in total. The molecule has 1 N–H and O–H groups in total. The second kappa shape index (κ2) is 5.15. The van der Waals surface area contributed by atoms with Gasteiger partial charge in [-0.25, -0.2) is 0 Å². The van der Waals surface area contributed by atoms with Crippen LogP contribution >= 0.6 is 27.5 Å². The van der Waals surface area contributed by atoms with E-state index in [0.717, 1.165) is 10.0 Å². The van der Waals surface area contributed by atoms with Gasteiger partial charge in [-0.1, -0.05) is 46.6 Å². The van der Waals surface area contributed by atoms with Gasteiger partial charge in [0, 0.05) is 14.9 Å². The molecule has 0 fully saturated rings. The quantitative estimate of drug-likeness (QED) is 0.835. The molecule has 15 heavy (non-hydrogen) atoms. The summed E-state index contributed by atoms with van der Waals surface area (Å²) in [6.45, 7) is 5.76. The summed E-state index contributed by atoms with van der Waals surface area (Å²) in [6.07, 6.45) is 2.46. The van der Waals surface area contributed by atoms with Gasteiger partial charge in [0.2, 0.25) is 0 Å². The third kappa shape index (κ3) is 3.33. The molecule has 1 aromatic carbocycles. The van der Waals surface area contributed by atoms with Gasteiger partial charge in [-0.2, -0.15) is 0 Å². The summed E-state index contributed by atoms with van der Waals surface area (Å²) in [4.78, 5) is 0. The second-order valence-electron chi connectivity index (χ2n) is 3.93. The van der Waals surface area contributed by atoms with Gasteiger partial charge >= 0.3 is 0 Å². The van der Waals surface area contributed by atoms with Crippen LogP contribution in [0.4, 0.5) is 0 Å². The lowest BCUT2D eigenvalue weighted by molar-refractivity contribution is 0.184. The van der Waals surface area contributed by atoms with Crippen LogP contribution in [-0.2, 0) is 6.42 Å². The average molecular weight is 290 g/mol. The third-order valence-electron chi connectivity index (χ3n) is 2.46. The molecule has 1 aromatic rings. The van der Waals surface area contributed by atoms with Crippen molar-refractivity contribution >= 4 is 27.5 Å². The highest BCUT2D eigenvalue weighted by atomic mass is 79.9. The first kappa shape index (κ1) is 12.8. The minimum Gasteiger partial charge on any atom is -0.395 e. The van der Waals surface area contributed by atoms with Crippen molar-refractivity contribution in [1.29, 1.82) is 0 Å². The number of benzene rings is 1. The maximum absolute atomic E-state index is 9.27. The van der Waals surface area contributed by atoms with E-state index < -0.39 is 0 Å². The first-order valence-electron chi connectivity index (χ1n) is 4.69. The minimum atomic E-state index is -0.308. The molecule has 0 aliphatic carbocycles. The molecule has 0 spiro atoms. The van der Waals surface area contributed by atoms with E-state index in [1.54, 1.807) is 6.08 Å². The van der Waals surface area contributed by atoms with Gasteiger partial charge in [0.1, 0.15) is 0 Å². The topological polar surface area (TPSA) is 20.2 Å². The summed E-state index contributed by atoms with van der Waals surface area (Å²) in [5.74, 6) is 0. The van der Waals surface area contributed by atoms with E-state index in [-0.39, 0.29) is 12.0 Å². The Bertz CT molecular complexity index is 365. The first-order chi connectivity index (χ1) is 7.00. The zero-order valence-corrected chi connectivity index (χ0v) is 11.0. The van der Waals surface area contributed by atoms with Crippen molar-refractivity contribution < 1.29 is 5.11 Å². The Hall–Kier alpha value is -0.310. The van der Waals surface area contributed by atoms with Gasteiger partial charge in [0.15, 0.2) is 0 Å². The number of hydrogen-bond acceptors (Lipinski definition) is 1. The van der Waals surface area contributed by atoms with Crippen LogP contribution in [0.2, 0.25) is 5.02 Å². The van der Waals surface area contributed by atoms with Crippen molar-refractivity contribution in [2.24, 2.45) is 5.41 Å². The summed E-state index contributed by atoms with van der Waals surface area (Å²) >= 11 is 9.46. The lowest BCUT2D eigenvalue weighted by Gasteiger charge is -2.23. The fourth-order valence-electron chi connectivity index (χ4n) is 1.29. The van der Waals surface area contributed by atoms with Crippen LogP contribution in [-0.4, -0.2) is 11.7 Å². The van der Waals surface area contributed by atoms with Gasteiger partial charge in [0.05, 0.1) is 6.61 Å². The first-order valence-corrected chi connectivity index (χ1v) is 5.86. The van der Waals surface area contributed by atoms with E-state index in [1.165, 1.54) is 0 Å². The Morgan fingerprint density at radius 2 is 2.27 bits per heavy atom. The molecule has 1 unspecified atom stereocenters. The highest BCUT2D eigenvalue weighted by Gasteiger charge is 2.20. The van der Waals surface area contributed by atoms with E-state index in [1.807, 2.05) is 25.1 Å². The van der Waals surface area contributed by atoms with Gasteiger partial charge in [-0.15, -0.1) is 6.58 Å². The normalized spacial score (nSPS) is 14.7. The van der Waals surface area contributed by atoms with E-state index in [2.05, 4.69) is 22.5 Å². The Kier molecular flexibility index (Phi) is 4.38. The standard InChI is InChI=1S/C12H14BrClO/c1-3-12(2,8-15)7-9-4-5-10(13)6-11(9)14/h3-6,15H,1,7-8H2,2H3. The van der Waals surface area contributed by atoms with Gasteiger partial charge in [0.25, 0.3) is 0 Å². The maximum Gasteiger partial charge on any atom is 0.0522 e. The Morgan fingerprint density at radius 1 is 1.60 bits per heavy atom. The zero-order valence-electron chi connectivity index (χ0n) is 8.63. The van der Waals surface area contributed by atoms with E-state index in [0.29, 0.717) is 11.4 Å². The highest BCUT2D eigenvalue weighted by Crippen LogP contribution is 2.29. The van der Waals surface area contributed by atoms with Crippen LogP contribution in [0.1, 0.15) is 12.5 Å². The zero-order chi connectivity index (χ0) is 11.5. The molecular formula is C12H14BrClO. The fraction of sp³-hybridized carbons (Fsp3) is 0.333. The Morgan fingerprint density at radius 3 is 2.73 bits per heavy atom. The van der Waals surface area contributed by atoms with Crippen LogP contribution in [0.5, 0.6) is 0 Å². The van der Waals surface area contributed by atoms with Crippen molar-refractivity contribution in [1.82, 2.24) is 0 Å². The van der Waals surface area contributed by atoms with Gasteiger partial charge in [-0.05, 0) is 24.1 Å². The largest absolute Gasteiger partial charge is 0.395 e. The van der Waals surface area contributed by atoms with Crippen molar-refractivity contribution in [2.75, 3.05) is 6.61 Å². The van der Waals surface area contributed by atoms with Gasteiger partial charge < -0.3 is 5.11 Å². The molecule has 0 saturated carbocycles. The van der Waals surface area contributed by atoms with Crippen molar-refractivity contribution in [2.45, 2.75) is 13.3 Å². The summed E-state index contributed by atoms with van der Waals surface area (Å²) in [5, 5.41) is 9.98. The van der Waals surface area contributed by atoms with Crippen molar-refractivity contribution in [3.8, 4) is 0 Å².